The first-order valence-corrected chi connectivity index (χ1v) is 10.7. The van der Waals surface area contributed by atoms with Gasteiger partial charge in [-0.3, -0.25) is 4.79 Å². The van der Waals surface area contributed by atoms with Crippen LogP contribution in [-0.2, 0) is 4.79 Å². The van der Waals surface area contributed by atoms with Crippen LogP contribution in [0.5, 0.6) is 5.75 Å². The number of carbonyl (C=O) groups is 1. The lowest BCUT2D eigenvalue weighted by molar-refractivity contribution is -0.116. The zero-order chi connectivity index (χ0) is 21.4. The highest BCUT2D eigenvalue weighted by Gasteiger charge is 2.40. The van der Waals surface area contributed by atoms with Crippen LogP contribution in [0.15, 0.2) is 90.1 Å². The average molecular weight is 411 g/mol. The summed E-state index contributed by atoms with van der Waals surface area (Å²) in [7, 11) is 1.66. The van der Waals surface area contributed by atoms with Gasteiger partial charge in [-0.1, -0.05) is 48.0 Å². The van der Waals surface area contributed by atoms with Crippen molar-refractivity contribution >= 4 is 17.3 Å². The van der Waals surface area contributed by atoms with E-state index in [4.69, 9.17) is 4.74 Å². The standard InChI is InChI=1S/C27H26N2O2/c1-19-8-10-21(11-9-19)28-17-16-24-26(28)18-25(20-6-4-3-5-7-20)29(27(24)30)22-12-14-23(31-2)15-13-22/h3-15,25H,16-18H2,1-2H3. The molecule has 156 valence electrons. The number of nitrogens with zero attached hydrogens (tertiary/aromatic N) is 2. The fraction of sp³-hybridized carbons (Fsp3) is 0.222. The van der Waals surface area contributed by atoms with Gasteiger partial charge in [0.2, 0.25) is 0 Å². The number of anilines is 2. The Balaban J connectivity index is 1.58. The highest BCUT2D eigenvalue weighted by atomic mass is 16.5. The van der Waals surface area contributed by atoms with Gasteiger partial charge >= 0.3 is 0 Å². The smallest absolute Gasteiger partial charge is 0.256 e. The van der Waals surface area contributed by atoms with Crippen LogP contribution >= 0.6 is 0 Å². The van der Waals surface area contributed by atoms with Crippen LogP contribution in [0.4, 0.5) is 11.4 Å². The summed E-state index contributed by atoms with van der Waals surface area (Å²) in [5.41, 5.74) is 6.54. The van der Waals surface area contributed by atoms with Crippen molar-refractivity contribution in [2.75, 3.05) is 23.5 Å². The van der Waals surface area contributed by atoms with E-state index in [0.717, 1.165) is 53.3 Å². The fourth-order valence-electron chi connectivity index (χ4n) is 4.68. The van der Waals surface area contributed by atoms with E-state index < -0.39 is 0 Å². The van der Waals surface area contributed by atoms with Crippen molar-refractivity contribution < 1.29 is 9.53 Å². The van der Waals surface area contributed by atoms with Crippen molar-refractivity contribution in [3.8, 4) is 5.75 Å². The normalized spacial score (nSPS) is 18.4. The molecule has 0 saturated heterocycles. The first-order valence-electron chi connectivity index (χ1n) is 10.7. The van der Waals surface area contributed by atoms with Crippen LogP contribution in [-0.4, -0.2) is 19.6 Å². The van der Waals surface area contributed by atoms with E-state index in [0.29, 0.717) is 0 Å². The summed E-state index contributed by atoms with van der Waals surface area (Å²) >= 11 is 0. The molecule has 1 unspecified atom stereocenters. The topological polar surface area (TPSA) is 32.8 Å². The van der Waals surface area contributed by atoms with E-state index >= 15 is 0 Å². The number of hydrogen-bond donors (Lipinski definition) is 0. The third kappa shape index (κ3) is 3.48. The Labute approximate surface area is 183 Å². The number of carbonyl (C=O) groups excluding carboxylic acids is 1. The largest absolute Gasteiger partial charge is 0.497 e. The Kier molecular flexibility index (Phi) is 4.99. The molecule has 2 aliphatic rings. The van der Waals surface area contributed by atoms with Gasteiger partial charge in [-0.2, -0.15) is 0 Å². The van der Waals surface area contributed by atoms with Gasteiger partial charge in [0.15, 0.2) is 0 Å². The second kappa shape index (κ2) is 7.95. The van der Waals surface area contributed by atoms with Gasteiger partial charge in [0.1, 0.15) is 5.75 Å². The molecular weight excluding hydrogens is 384 g/mol. The molecule has 5 rings (SSSR count). The minimum absolute atomic E-state index is 0.0492. The maximum absolute atomic E-state index is 13.8. The molecule has 1 amide bonds. The van der Waals surface area contributed by atoms with Crippen molar-refractivity contribution in [1.29, 1.82) is 0 Å². The molecule has 0 radical (unpaired) electrons. The number of ether oxygens (including phenoxy) is 1. The number of aryl methyl sites for hydroxylation is 1. The lowest BCUT2D eigenvalue weighted by Gasteiger charge is -2.38. The van der Waals surface area contributed by atoms with Crippen molar-refractivity contribution in [3.63, 3.8) is 0 Å². The van der Waals surface area contributed by atoms with Crippen LogP contribution in [0.2, 0.25) is 0 Å². The highest BCUT2D eigenvalue weighted by Crippen LogP contribution is 2.44. The van der Waals surface area contributed by atoms with Gasteiger partial charge in [0, 0.05) is 35.6 Å². The summed E-state index contributed by atoms with van der Waals surface area (Å²) in [6.45, 7) is 2.94. The Bertz CT molecular complexity index is 1120. The van der Waals surface area contributed by atoms with Crippen LogP contribution < -0.4 is 14.5 Å². The Morgan fingerprint density at radius 2 is 1.55 bits per heavy atom. The molecule has 4 nitrogen and oxygen atoms in total. The van der Waals surface area contributed by atoms with E-state index in [-0.39, 0.29) is 11.9 Å². The number of hydrogen-bond acceptors (Lipinski definition) is 3. The van der Waals surface area contributed by atoms with Crippen LogP contribution in [0, 0.1) is 6.92 Å². The molecular formula is C27H26N2O2. The molecule has 3 aromatic carbocycles. The minimum atomic E-state index is -0.0492. The van der Waals surface area contributed by atoms with Crippen molar-refractivity contribution in [1.82, 2.24) is 0 Å². The SMILES string of the molecule is COc1ccc(N2C(=O)C3=C(CC2c2ccccc2)N(c2ccc(C)cc2)CC3)cc1. The maximum atomic E-state index is 13.8. The van der Waals surface area contributed by atoms with Gasteiger partial charge in [-0.05, 0) is 55.3 Å². The fourth-order valence-corrected chi connectivity index (χ4v) is 4.68. The zero-order valence-corrected chi connectivity index (χ0v) is 17.9. The molecule has 0 N–H and O–H groups in total. The van der Waals surface area contributed by atoms with Crippen molar-refractivity contribution in [2.45, 2.75) is 25.8 Å². The second-order valence-electron chi connectivity index (χ2n) is 8.17. The number of benzene rings is 3. The van der Waals surface area contributed by atoms with Crippen molar-refractivity contribution in [3.05, 3.63) is 101 Å². The lowest BCUT2D eigenvalue weighted by Crippen LogP contribution is -2.40. The van der Waals surface area contributed by atoms with Gasteiger partial charge in [0.05, 0.1) is 13.2 Å². The Morgan fingerprint density at radius 3 is 2.23 bits per heavy atom. The quantitative estimate of drug-likeness (QED) is 0.557. The summed E-state index contributed by atoms with van der Waals surface area (Å²) < 4.78 is 5.32. The monoisotopic (exact) mass is 410 g/mol. The zero-order valence-electron chi connectivity index (χ0n) is 17.9. The lowest BCUT2D eigenvalue weighted by atomic mass is 9.92. The molecule has 31 heavy (non-hydrogen) atoms. The summed E-state index contributed by atoms with van der Waals surface area (Å²) in [4.78, 5) is 18.1. The number of amides is 1. The number of methoxy groups -OCH3 is 1. The third-order valence-corrected chi connectivity index (χ3v) is 6.32. The molecule has 3 aromatic rings. The predicted octanol–water partition coefficient (Wildman–Crippen LogP) is 5.65. The first-order chi connectivity index (χ1) is 15.2. The Morgan fingerprint density at radius 1 is 0.871 bits per heavy atom. The van der Waals surface area contributed by atoms with Crippen LogP contribution in [0.25, 0.3) is 0 Å². The molecule has 0 spiro atoms. The summed E-state index contributed by atoms with van der Waals surface area (Å²) in [6.07, 6.45) is 1.57. The molecule has 2 heterocycles. The molecule has 0 fully saturated rings. The van der Waals surface area contributed by atoms with Gasteiger partial charge in [-0.25, -0.2) is 0 Å². The summed E-state index contributed by atoms with van der Waals surface area (Å²) in [5, 5.41) is 0. The molecule has 0 saturated carbocycles. The van der Waals surface area contributed by atoms with Gasteiger partial charge in [0.25, 0.3) is 5.91 Å². The first kappa shape index (κ1) is 19.4. The molecule has 0 aliphatic carbocycles. The molecule has 0 aromatic heterocycles. The molecule has 0 bridgehead atoms. The molecule has 4 heteroatoms. The van der Waals surface area contributed by atoms with E-state index in [1.807, 2.05) is 47.4 Å². The van der Waals surface area contributed by atoms with E-state index in [1.54, 1.807) is 7.11 Å². The third-order valence-electron chi connectivity index (χ3n) is 6.32. The molecule has 1 atom stereocenters. The van der Waals surface area contributed by atoms with Gasteiger partial charge < -0.3 is 14.5 Å². The maximum Gasteiger partial charge on any atom is 0.256 e. The predicted molar refractivity (Wildman–Crippen MR) is 124 cm³/mol. The minimum Gasteiger partial charge on any atom is -0.497 e. The highest BCUT2D eigenvalue weighted by molar-refractivity contribution is 6.08. The van der Waals surface area contributed by atoms with E-state index in [9.17, 15) is 4.79 Å². The second-order valence-corrected chi connectivity index (χ2v) is 8.17. The molecule has 2 aliphatic heterocycles. The summed E-state index contributed by atoms with van der Waals surface area (Å²) in [6, 6.07) is 26.7. The van der Waals surface area contributed by atoms with Crippen LogP contribution in [0.1, 0.15) is 30.0 Å². The summed E-state index contributed by atoms with van der Waals surface area (Å²) in [5.74, 6) is 0.894. The number of rotatable bonds is 4. The van der Waals surface area contributed by atoms with Gasteiger partial charge in [-0.15, -0.1) is 0 Å². The van der Waals surface area contributed by atoms with E-state index in [1.165, 1.54) is 5.56 Å². The van der Waals surface area contributed by atoms with E-state index in [2.05, 4.69) is 48.2 Å². The average Bonchev–Trinajstić information content (AvgIpc) is 3.25. The van der Waals surface area contributed by atoms with Crippen LogP contribution in [0.3, 0.4) is 0 Å². The van der Waals surface area contributed by atoms with Crippen molar-refractivity contribution in [2.24, 2.45) is 0 Å². The Hall–Kier alpha value is -3.53.